The van der Waals surface area contributed by atoms with Gasteiger partial charge in [0, 0.05) is 17.2 Å². The summed E-state index contributed by atoms with van der Waals surface area (Å²) in [5, 5.41) is 0. The van der Waals surface area contributed by atoms with Gasteiger partial charge in [-0.25, -0.2) is 9.97 Å². The summed E-state index contributed by atoms with van der Waals surface area (Å²) in [5.74, 6) is 2.17. The molecular weight excluding hydrogens is 312 g/mol. The predicted octanol–water partition coefficient (Wildman–Crippen LogP) is 4.91. The van der Waals surface area contributed by atoms with Crippen molar-refractivity contribution in [2.75, 3.05) is 7.11 Å². The third kappa shape index (κ3) is 3.79. The van der Waals surface area contributed by atoms with Gasteiger partial charge >= 0.3 is 0 Å². The van der Waals surface area contributed by atoms with Crippen molar-refractivity contribution in [1.29, 1.82) is 0 Å². The zero-order chi connectivity index (χ0) is 17.9. The second-order valence-corrected chi connectivity index (χ2v) is 6.48. The molecule has 4 heteroatoms. The molecule has 0 aliphatic carbocycles. The Balaban J connectivity index is 1.80. The molecule has 0 atom stereocenters. The van der Waals surface area contributed by atoms with Crippen molar-refractivity contribution in [3.8, 4) is 17.4 Å². The highest BCUT2D eigenvalue weighted by Crippen LogP contribution is 2.33. The minimum atomic E-state index is -0.115. The van der Waals surface area contributed by atoms with Gasteiger partial charge in [0.1, 0.15) is 17.8 Å². The smallest absolute Gasteiger partial charge is 0.222 e. The second-order valence-electron chi connectivity index (χ2n) is 6.48. The summed E-state index contributed by atoms with van der Waals surface area (Å²) in [6.07, 6.45) is 1.51. The van der Waals surface area contributed by atoms with E-state index in [9.17, 15) is 0 Å². The maximum Gasteiger partial charge on any atom is 0.222 e. The Morgan fingerprint density at radius 3 is 1.88 bits per heavy atom. The van der Waals surface area contributed by atoms with Gasteiger partial charge in [-0.2, -0.15) is 0 Å². The molecule has 0 saturated carbocycles. The van der Waals surface area contributed by atoms with Gasteiger partial charge in [0.15, 0.2) is 0 Å². The Hall–Kier alpha value is -2.88. The molecule has 4 nitrogen and oxygen atoms in total. The molecule has 0 unspecified atom stereocenters. The Labute approximate surface area is 148 Å². The summed E-state index contributed by atoms with van der Waals surface area (Å²) in [4.78, 5) is 8.20. The lowest BCUT2D eigenvalue weighted by atomic mass is 9.78. The maximum atomic E-state index is 5.80. The van der Waals surface area contributed by atoms with Crippen LogP contribution in [0.1, 0.15) is 30.7 Å². The molecule has 0 spiro atoms. The van der Waals surface area contributed by atoms with Crippen LogP contribution in [-0.2, 0) is 5.41 Å². The van der Waals surface area contributed by atoms with E-state index in [1.54, 1.807) is 7.11 Å². The van der Waals surface area contributed by atoms with Gasteiger partial charge in [0.2, 0.25) is 5.88 Å². The molecule has 0 aliphatic heterocycles. The van der Waals surface area contributed by atoms with Gasteiger partial charge in [-0.05, 0) is 42.3 Å². The van der Waals surface area contributed by atoms with E-state index in [1.165, 1.54) is 17.5 Å². The highest BCUT2D eigenvalue weighted by atomic mass is 16.5. The number of hydrogen-bond donors (Lipinski definition) is 0. The first kappa shape index (κ1) is 17.0. The first-order valence-electron chi connectivity index (χ1n) is 8.20. The van der Waals surface area contributed by atoms with Crippen molar-refractivity contribution in [2.45, 2.75) is 26.2 Å². The monoisotopic (exact) mass is 334 g/mol. The summed E-state index contributed by atoms with van der Waals surface area (Å²) >= 11 is 0. The largest absolute Gasteiger partial charge is 0.497 e. The van der Waals surface area contributed by atoms with E-state index in [1.807, 2.05) is 37.3 Å². The Bertz CT molecular complexity index is 841. The van der Waals surface area contributed by atoms with Crippen LogP contribution in [0.5, 0.6) is 17.4 Å². The standard InChI is InChI=1S/C21H22N2O2/c1-15-13-20(23-14-22-15)25-19-11-7-17(8-12-19)21(2,3)16-5-9-18(24-4)10-6-16/h5-14H,1-4H3. The van der Waals surface area contributed by atoms with Crippen molar-refractivity contribution in [1.82, 2.24) is 9.97 Å². The lowest BCUT2D eigenvalue weighted by Crippen LogP contribution is -2.18. The van der Waals surface area contributed by atoms with Crippen molar-refractivity contribution in [3.63, 3.8) is 0 Å². The molecule has 25 heavy (non-hydrogen) atoms. The number of aromatic nitrogens is 2. The second kappa shape index (κ2) is 6.93. The fourth-order valence-electron chi connectivity index (χ4n) is 2.72. The average Bonchev–Trinajstić information content (AvgIpc) is 2.62. The van der Waals surface area contributed by atoms with E-state index in [2.05, 4.69) is 48.1 Å². The lowest BCUT2D eigenvalue weighted by molar-refractivity contribution is 0.414. The van der Waals surface area contributed by atoms with Crippen LogP contribution in [0.25, 0.3) is 0 Å². The first-order chi connectivity index (χ1) is 12.0. The van der Waals surface area contributed by atoms with Crippen molar-refractivity contribution < 1.29 is 9.47 Å². The van der Waals surface area contributed by atoms with Crippen molar-refractivity contribution >= 4 is 0 Å². The number of methoxy groups -OCH3 is 1. The van der Waals surface area contributed by atoms with Crippen LogP contribution in [0.3, 0.4) is 0 Å². The van der Waals surface area contributed by atoms with E-state index in [0.717, 1.165) is 17.2 Å². The molecule has 3 aromatic rings. The number of aryl methyl sites for hydroxylation is 1. The minimum absolute atomic E-state index is 0.115. The van der Waals surface area contributed by atoms with Gasteiger partial charge in [-0.3, -0.25) is 0 Å². The van der Waals surface area contributed by atoms with Crippen LogP contribution >= 0.6 is 0 Å². The average molecular weight is 334 g/mol. The van der Waals surface area contributed by atoms with Crippen LogP contribution in [-0.4, -0.2) is 17.1 Å². The number of benzene rings is 2. The van der Waals surface area contributed by atoms with Gasteiger partial charge in [-0.15, -0.1) is 0 Å². The minimum Gasteiger partial charge on any atom is -0.497 e. The fraction of sp³-hybridized carbons (Fsp3) is 0.238. The summed E-state index contributed by atoms with van der Waals surface area (Å²) in [7, 11) is 1.68. The number of hydrogen-bond acceptors (Lipinski definition) is 4. The van der Waals surface area contributed by atoms with Crippen LogP contribution in [0.2, 0.25) is 0 Å². The molecule has 1 aromatic heterocycles. The van der Waals surface area contributed by atoms with Gasteiger partial charge in [0.25, 0.3) is 0 Å². The van der Waals surface area contributed by atoms with Crippen LogP contribution < -0.4 is 9.47 Å². The van der Waals surface area contributed by atoms with Gasteiger partial charge < -0.3 is 9.47 Å². The Morgan fingerprint density at radius 2 is 1.36 bits per heavy atom. The van der Waals surface area contributed by atoms with Crippen LogP contribution in [0.15, 0.2) is 60.9 Å². The summed E-state index contributed by atoms with van der Waals surface area (Å²) in [5.41, 5.74) is 3.20. The molecule has 128 valence electrons. The summed E-state index contributed by atoms with van der Waals surface area (Å²) in [6, 6.07) is 18.1. The van der Waals surface area contributed by atoms with Crippen LogP contribution in [0.4, 0.5) is 0 Å². The molecule has 0 aliphatic rings. The first-order valence-corrected chi connectivity index (χ1v) is 8.20. The number of nitrogens with zero attached hydrogens (tertiary/aromatic N) is 2. The third-order valence-electron chi connectivity index (χ3n) is 4.39. The molecule has 0 bridgehead atoms. The Kier molecular flexibility index (Phi) is 4.70. The normalized spacial score (nSPS) is 11.2. The molecule has 0 radical (unpaired) electrons. The highest BCUT2D eigenvalue weighted by molar-refractivity contribution is 5.42. The van der Waals surface area contributed by atoms with E-state index in [0.29, 0.717) is 5.88 Å². The quantitative estimate of drug-likeness (QED) is 0.665. The molecule has 3 rings (SSSR count). The highest BCUT2D eigenvalue weighted by Gasteiger charge is 2.23. The molecular formula is C21H22N2O2. The van der Waals surface area contributed by atoms with Gasteiger partial charge in [0.05, 0.1) is 7.11 Å². The molecule has 2 aromatic carbocycles. The number of rotatable bonds is 5. The zero-order valence-electron chi connectivity index (χ0n) is 15.0. The van der Waals surface area contributed by atoms with E-state index in [-0.39, 0.29) is 5.41 Å². The summed E-state index contributed by atoms with van der Waals surface area (Å²) < 4.78 is 11.0. The predicted molar refractivity (Wildman–Crippen MR) is 98.4 cm³/mol. The van der Waals surface area contributed by atoms with Crippen LogP contribution in [0, 0.1) is 6.92 Å². The molecule has 0 N–H and O–H groups in total. The molecule has 0 saturated heterocycles. The molecule has 0 fully saturated rings. The number of ether oxygens (including phenoxy) is 2. The van der Waals surface area contributed by atoms with Crippen molar-refractivity contribution in [3.05, 3.63) is 77.7 Å². The fourth-order valence-corrected chi connectivity index (χ4v) is 2.72. The Morgan fingerprint density at radius 1 is 0.800 bits per heavy atom. The van der Waals surface area contributed by atoms with Gasteiger partial charge in [-0.1, -0.05) is 38.1 Å². The topological polar surface area (TPSA) is 44.2 Å². The van der Waals surface area contributed by atoms with Crippen molar-refractivity contribution in [2.24, 2.45) is 0 Å². The summed E-state index contributed by atoms with van der Waals surface area (Å²) in [6.45, 7) is 6.33. The van der Waals surface area contributed by atoms with E-state index in [4.69, 9.17) is 9.47 Å². The maximum absolute atomic E-state index is 5.80. The SMILES string of the molecule is COc1ccc(C(C)(C)c2ccc(Oc3cc(C)ncn3)cc2)cc1. The van der Waals surface area contributed by atoms with E-state index >= 15 is 0 Å². The lowest BCUT2D eigenvalue weighted by Gasteiger charge is -2.26. The molecule has 0 amide bonds. The zero-order valence-corrected chi connectivity index (χ0v) is 15.0. The molecule has 1 heterocycles. The van der Waals surface area contributed by atoms with E-state index < -0.39 is 0 Å². The third-order valence-corrected chi connectivity index (χ3v) is 4.39.